The predicted molar refractivity (Wildman–Crippen MR) is 129 cm³/mol. The van der Waals surface area contributed by atoms with Gasteiger partial charge in [-0.3, -0.25) is 24.5 Å². The maximum Gasteiger partial charge on any atom is 0.255 e. The van der Waals surface area contributed by atoms with Gasteiger partial charge in [-0.15, -0.1) is 0 Å². The summed E-state index contributed by atoms with van der Waals surface area (Å²) in [4.78, 5) is 53.9. The zero-order valence-electron chi connectivity index (χ0n) is 19.9. The van der Waals surface area contributed by atoms with E-state index < -0.39 is 11.9 Å². The van der Waals surface area contributed by atoms with Gasteiger partial charge in [0.25, 0.3) is 5.91 Å². The Balaban J connectivity index is 1.35. The highest BCUT2D eigenvalue weighted by atomic mass is 16.2. The zero-order valence-corrected chi connectivity index (χ0v) is 19.9. The van der Waals surface area contributed by atoms with Crippen LogP contribution in [0.4, 0.5) is 5.69 Å². The maximum absolute atomic E-state index is 13.3. The molecule has 3 aliphatic rings. The van der Waals surface area contributed by atoms with Crippen molar-refractivity contribution in [2.45, 2.75) is 89.1 Å². The molecule has 0 bridgehead atoms. The average molecular weight is 469 g/mol. The number of hydrogen-bond donors (Lipinski definition) is 2. The van der Waals surface area contributed by atoms with E-state index in [1.165, 1.54) is 25.7 Å². The fourth-order valence-corrected chi connectivity index (χ4v) is 5.58. The highest BCUT2D eigenvalue weighted by Crippen LogP contribution is 2.46. The van der Waals surface area contributed by atoms with Gasteiger partial charge in [0.2, 0.25) is 17.7 Å². The van der Waals surface area contributed by atoms with Crippen molar-refractivity contribution < 1.29 is 19.2 Å². The molecular weight excluding hydrogens is 432 g/mol. The van der Waals surface area contributed by atoms with E-state index in [4.69, 9.17) is 5.73 Å². The first-order chi connectivity index (χ1) is 16.5. The van der Waals surface area contributed by atoms with Crippen LogP contribution in [0.25, 0.3) is 0 Å². The molecule has 1 saturated heterocycles. The van der Waals surface area contributed by atoms with Crippen LogP contribution in [0.3, 0.4) is 0 Å². The minimum absolute atomic E-state index is 0.0988. The fourth-order valence-electron chi connectivity index (χ4n) is 5.58. The third-order valence-electron chi connectivity index (χ3n) is 7.33. The van der Waals surface area contributed by atoms with Crippen molar-refractivity contribution in [3.8, 4) is 0 Å². The van der Waals surface area contributed by atoms with Crippen LogP contribution in [0.2, 0.25) is 0 Å². The number of nitrogens with two attached hydrogens (primary N) is 1. The second kappa shape index (κ2) is 11.1. The number of benzene rings is 1. The monoisotopic (exact) mass is 468 g/mol. The van der Waals surface area contributed by atoms with E-state index in [2.05, 4.69) is 5.32 Å². The summed E-state index contributed by atoms with van der Waals surface area (Å²) < 4.78 is 0. The van der Waals surface area contributed by atoms with Crippen molar-refractivity contribution in [3.63, 3.8) is 0 Å². The number of carbonyl (C=O) groups excluding carboxylic acids is 4. The van der Waals surface area contributed by atoms with E-state index in [9.17, 15) is 19.2 Å². The Morgan fingerprint density at radius 1 is 0.941 bits per heavy atom. The molecule has 0 saturated carbocycles. The van der Waals surface area contributed by atoms with Crippen LogP contribution in [-0.2, 0) is 14.4 Å². The molecule has 0 spiro atoms. The van der Waals surface area contributed by atoms with Gasteiger partial charge in [0.15, 0.2) is 0 Å². The van der Waals surface area contributed by atoms with E-state index in [1.807, 2.05) is 17.0 Å². The van der Waals surface area contributed by atoms with E-state index >= 15 is 0 Å². The summed E-state index contributed by atoms with van der Waals surface area (Å²) in [6.45, 7) is 1.30. The maximum atomic E-state index is 13.3. The molecule has 8 nitrogen and oxygen atoms in total. The van der Waals surface area contributed by atoms with Crippen molar-refractivity contribution in [1.29, 1.82) is 0 Å². The molecule has 184 valence electrons. The molecule has 1 fully saturated rings. The largest absolute Gasteiger partial charge is 0.330 e. The Morgan fingerprint density at radius 2 is 1.65 bits per heavy atom. The molecule has 8 heteroatoms. The van der Waals surface area contributed by atoms with Crippen molar-refractivity contribution in [2.24, 2.45) is 5.73 Å². The van der Waals surface area contributed by atoms with Crippen LogP contribution < -0.4 is 16.0 Å². The molecule has 2 unspecified atom stereocenters. The van der Waals surface area contributed by atoms with Crippen LogP contribution >= 0.6 is 0 Å². The number of nitrogens with one attached hydrogen (secondary N) is 1. The van der Waals surface area contributed by atoms with Gasteiger partial charge in [-0.25, -0.2) is 0 Å². The number of carbonyl (C=O) groups is 4. The van der Waals surface area contributed by atoms with E-state index in [-0.39, 0.29) is 30.2 Å². The summed E-state index contributed by atoms with van der Waals surface area (Å²) in [5.74, 6) is -0.784. The molecule has 0 radical (unpaired) electrons. The minimum Gasteiger partial charge on any atom is -0.330 e. The predicted octanol–water partition coefficient (Wildman–Crippen LogP) is 3.20. The number of piperidine rings is 1. The third kappa shape index (κ3) is 5.02. The molecule has 4 amide bonds. The Kier molecular flexibility index (Phi) is 7.98. The van der Waals surface area contributed by atoms with Gasteiger partial charge in [-0.2, -0.15) is 0 Å². The third-order valence-corrected chi connectivity index (χ3v) is 7.33. The molecule has 4 rings (SSSR count). The molecule has 2 atom stereocenters. The lowest BCUT2D eigenvalue weighted by Crippen LogP contribution is -2.54. The van der Waals surface area contributed by atoms with Crippen LogP contribution in [0.5, 0.6) is 0 Å². The Morgan fingerprint density at radius 3 is 2.35 bits per heavy atom. The Hall–Kier alpha value is -2.74. The van der Waals surface area contributed by atoms with Crippen molar-refractivity contribution >= 4 is 29.3 Å². The highest BCUT2D eigenvalue weighted by Gasteiger charge is 2.48. The van der Waals surface area contributed by atoms with Crippen molar-refractivity contribution in [3.05, 3.63) is 29.3 Å². The van der Waals surface area contributed by atoms with Crippen molar-refractivity contribution in [1.82, 2.24) is 10.2 Å². The number of nitrogens with zero attached hydrogens (tertiary/aromatic N) is 2. The lowest BCUT2D eigenvalue weighted by Gasteiger charge is -2.39. The molecule has 1 aromatic carbocycles. The van der Waals surface area contributed by atoms with E-state index in [1.54, 1.807) is 11.0 Å². The Labute approximate surface area is 201 Å². The molecule has 3 aliphatic heterocycles. The molecule has 1 aromatic rings. The van der Waals surface area contributed by atoms with Gasteiger partial charge < -0.3 is 15.5 Å². The first-order valence-corrected chi connectivity index (χ1v) is 12.8. The number of imide groups is 1. The number of unbranched alkanes of at least 4 members (excludes halogenated alkanes) is 7. The van der Waals surface area contributed by atoms with Crippen LogP contribution in [0, 0.1) is 0 Å². The summed E-state index contributed by atoms with van der Waals surface area (Å²) in [6.07, 6.45) is 10.7. The smallest absolute Gasteiger partial charge is 0.255 e. The average Bonchev–Trinajstić information content (AvgIpc) is 3.11. The molecule has 3 N–H and O–H groups in total. The summed E-state index contributed by atoms with van der Waals surface area (Å²) in [6, 6.07) is 4.62. The van der Waals surface area contributed by atoms with Crippen LogP contribution in [-0.4, -0.2) is 47.7 Å². The highest BCUT2D eigenvalue weighted by molar-refractivity contribution is 6.08. The molecular formula is C26H36N4O4. The number of amides is 4. The molecule has 0 aliphatic carbocycles. The first kappa shape index (κ1) is 24.4. The summed E-state index contributed by atoms with van der Waals surface area (Å²) in [5, 5.41) is 2.37. The quantitative estimate of drug-likeness (QED) is 0.383. The summed E-state index contributed by atoms with van der Waals surface area (Å²) in [7, 11) is 0. The number of hydrogen-bond acceptors (Lipinski definition) is 5. The van der Waals surface area contributed by atoms with Crippen LogP contribution in [0.15, 0.2) is 18.2 Å². The van der Waals surface area contributed by atoms with Gasteiger partial charge >= 0.3 is 0 Å². The topological polar surface area (TPSA) is 113 Å². The van der Waals surface area contributed by atoms with Gasteiger partial charge in [-0.05, 0) is 44.4 Å². The molecule has 0 aromatic heterocycles. The fraction of sp³-hybridized carbons (Fsp3) is 0.615. The van der Waals surface area contributed by atoms with E-state index in [0.717, 1.165) is 43.5 Å². The van der Waals surface area contributed by atoms with Crippen LogP contribution in [0.1, 0.15) is 99.0 Å². The minimum atomic E-state index is -0.645. The second-order valence-electron chi connectivity index (χ2n) is 9.63. The van der Waals surface area contributed by atoms with Gasteiger partial charge in [0, 0.05) is 36.2 Å². The number of anilines is 1. The summed E-state index contributed by atoms with van der Waals surface area (Å²) in [5.41, 5.74) is 7.74. The normalized spacial score (nSPS) is 21.6. The van der Waals surface area contributed by atoms with Gasteiger partial charge in [0.05, 0.1) is 6.04 Å². The zero-order chi connectivity index (χ0) is 24.1. The molecule has 34 heavy (non-hydrogen) atoms. The second-order valence-corrected chi connectivity index (χ2v) is 9.63. The lowest BCUT2D eigenvalue weighted by molar-refractivity contribution is -0.137. The summed E-state index contributed by atoms with van der Waals surface area (Å²) >= 11 is 0. The van der Waals surface area contributed by atoms with E-state index in [0.29, 0.717) is 31.4 Å². The Bertz CT molecular complexity index is 947. The van der Waals surface area contributed by atoms with Crippen molar-refractivity contribution in [2.75, 3.05) is 18.0 Å². The van der Waals surface area contributed by atoms with Gasteiger partial charge in [-0.1, -0.05) is 44.6 Å². The lowest BCUT2D eigenvalue weighted by atomic mass is 9.93. The standard InChI is InChI=1S/C26H36N4O4/c27-16-8-6-4-2-1-3-5-7-12-23(32)29-17-15-20-24-18(10-9-11-19(24)29)26(34)30(20)21-13-14-22(31)28-25(21)33/h9-11,20-21H,1-8,12-17,27H2,(H,28,31,33). The SMILES string of the molecule is NCCCCCCCCCCC(=O)N1CCC2c3c(cccc31)C(=O)N2C1CCC(=O)NC1=O. The molecule has 3 heterocycles. The van der Waals surface area contributed by atoms with Gasteiger partial charge in [0.1, 0.15) is 6.04 Å². The first-order valence-electron chi connectivity index (χ1n) is 12.8. The number of rotatable bonds is 11.